The fourth-order valence-electron chi connectivity index (χ4n) is 2.77. The minimum Gasteiger partial charge on any atom is -0.347 e. The van der Waals surface area contributed by atoms with Crippen LogP contribution in [0.2, 0.25) is 0 Å². The third-order valence-corrected chi connectivity index (χ3v) is 5.05. The maximum Gasteiger partial charge on any atom is 0.271 e. The summed E-state index contributed by atoms with van der Waals surface area (Å²) in [5.41, 5.74) is 2.56. The lowest BCUT2D eigenvalue weighted by Gasteiger charge is -2.08. The predicted octanol–water partition coefficient (Wildman–Crippen LogP) is 3.08. The largest absolute Gasteiger partial charge is 0.347 e. The molecule has 0 aliphatic rings. The summed E-state index contributed by atoms with van der Waals surface area (Å²) in [5.74, 6) is 1.28. The molecule has 8 heteroatoms. The second kappa shape index (κ2) is 8.10. The van der Waals surface area contributed by atoms with Gasteiger partial charge in [-0.3, -0.25) is 4.79 Å². The van der Waals surface area contributed by atoms with Crippen molar-refractivity contribution in [2.24, 2.45) is 0 Å². The highest BCUT2D eigenvalue weighted by Crippen LogP contribution is 2.19. The Morgan fingerprint density at radius 2 is 1.93 bits per heavy atom. The Hall–Kier alpha value is -3.39. The molecule has 1 aromatic carbocycles. The molecule has 0 fully saturated rings. The molecule has 0 atom stereocenters. The number of nitrogens with zero attached hydrogens (tertiary/aromatic N) is 5. The molecule has 140 valence electrons. The highest BCUT2D eigenvalue weighted by atomic mass is 32.1. The van der Waals surface area contributed by atoms with Crippen molar-refractivity contribution >= 4 is 17.2 Å². The van der Waals surface area contributed by atoms with Gasteiger partial charge < -0.3 is 9.88 Å². The number of carbonyl (C=O) groups excluding carboxylic acids is 1. The van der Waals surface area contributed by atoms with E-state index < -0.39 is 0 Å². The second-order valence-corrected chi connectivity index (χ2v) is 7.07. The van der Waals surface area contributed by atoms with E-state index in [4.69, 9.17) is 0 Å². The number of aromatic nitrogens is 5. The zero-order valence-corrected chi connectivity index (χ0v) is 16.1. The van der Waals surface area contributed by atoms with Crippen molar-refractivity contribution in [2.75, 3.05) is 0 Å². The highest BCUT2D eigenvalue weighted by Gasteiger charge is 2.13. The summed E-state index contributed by atoms with van der Waals surface area (Å²) in [6, 6.07) is 9.89. The molecule has 4 rings (SSSR count). The minimum atomic E-state index is -0.214. The zero-order chi connectivity index (χ0) is 19.3. The maximum absolute atomic E-state index is 12.4. The van der Waals surface area contributed by atoms with Gasteiger partial charge in [0.05, 0.1) is 0 Å². The average molecular weight is 390 g/mol. The lowest BCUT2D eigenvalue weighted by atomic mass is 10.1. The predicted molar refractivity (Wildman–Crippen MR) is 107 cm³/mol. The molecule has 0 saturated heterocycles. The number of carbonyl (C=O) groups is 1. The van der Waals surface area contributed by atoms with Crippen LogP contribution in [-0.2, 0) is 13.1 Å². The van der Waals surface area contributed by atoms with Crippen LogP contribution >= 0.6 is 11.3 Å². The third kappa shape index (κ3) is 4.12. The summed E-state index contributed by atoms with van der Waals surface area (Å²) < 4.78 is 2.08. The van der Waals surface area contributed by atoms with E-state index in [1.165, 1.54) is 11.3 Å². The van der Waals surface area contributed by atoms with Crippen LogP contribution in [0.25, 0.3) is 10.8 Å². The lowest BCUT2D eigenvalue weighted by molar-refractivity contribution is 0.0946. The van der Waals surface area contributed by atoms with E-state index in [0.29, 0.717) is 23.1 Å². The number of benzene rings is 1. The van der Waals surface area contributed by atoms with Crippen LogP contribution in [0, 0.1) is 6.92 Å². The number of amides is 1. The summed E-state index contributed by atoms with van der Waals surface area (Å²) in [4.78, 5) is 29.3. The quantitative estimate of drug-likeness (QED) is 0.547. The number of aryl methyl sites for hydroxylation is 1. The van der Waals surface area contributed by atoms with Crippen LogP contribution in [-0.4, -0.2) is 30.4 Å². The van der Waals surface area contributed by atoms with Gasteiger partial charge in [-0.1, -0.05) is 24.3 Å². The summed E-state index contributed by atoms with van der Waals surface area (Å²) in [6.07, 6.45) is 7.06. The molecular formula is C20H18N6OS. The average Bonchev–Trinajstić information content (AvgIpc) is 3.37. The van der Waals surface area contributed by atoms with Gasteiger partial charge in [0.2, 0.25) is 0 Å². The Morgan fingerprint density at radius 3 is 2.71 bits per heavy atom. The fraction of sp³-hybridized carbons (Fsp3) is 0.150. The van der Waals surface area contributed by atoms with Crippen molar-refractivity contribution in [1.82, 2.24) is 29.8 Å². The van der Waals surface area contributed by atoms with Crippen LogP contribution in [0.1, 0.15) is 27.4 Å². The van der Waals surface area contributed by atoms with Gasteiger partial charge in [0.15, 0.2) is 10.8 Å². The second-order valence-electron chi connectivity index (χ2n) is 6.22. The van der Waals surface area contributed by atoms with E-state index >= 15 is 0 Å². The van der Waals surface area contributed by atoms with Crippen molar-refractivity contribution < 1.29 is 4.79 Å². The molecule has 7 nitrogen and oxygen atoms in total. The lowest BCUT2D eigenvalue weighted by Crippen LogP contribution is -2.23. The Bertz CT molecular complexity index is 1090. The first-order valence-corrected chi connectivity index (χ1v) is 9.63. The molecule has 4 aromatic rings. The molecule has 0 bridgehead atoms. The molecule has 0 radical (unpaired) electrons. The van der Waals surface area contributed by atoms with E-state index in [0.717, 1.165) is 23.5 Å². The van der Waals surface area contributed by atoms with E-state index in [1.807, 2.05) is 25.3 Å². The first-order valence-electron chi connectivity index (χ1n) is 8.76. The van der Waals surface area contributed by atoms with Crippen LogP contribution in [0.4, 0.5) is 0 Å². The van der Waals surface area contributed by atoms with Crippen LogP contribution in [0.3, 0.4) is 0 Å². The van der Waals surface area contributed by atoms with Gasteiger partial charge in [-0.2, -0.15) is 0 Å². The van der Waals surface area contributed by atoms with Crippen molar-refractivity contribution in [2.45, 2.75) is 20.0 Å². The fourth-order valence-corrected chi connectivity index (χ4v) is 3.51. The van der Waals surface area contributed by atoms with Crippen LogP contribution < -0.4 is 5.32 Å². The Kier molecular flexibility index (Phi) is 5.20. The first kappa shape index (κ1) is 18.0. The Morgan fingerprint density at radius 1 is 1.11 bits per heavy atom. The van der Waals surface area contributed by atoms with Gasteiger partial charge in [0, 0.05) is 43.3 Å². The molecule has 0 aliphatic carbocycles. The molecule has 0 unspecified atom stereocenters. The number of rotatable bonds is 6. The zero-order valence-electron chi connectivity index (χ0n) is 15.2. The number of thiazole rings is 1. The topological polar surface area (TPSA) is 85.6 Å². The molecule has 3 aromatic heterocycles. The molecule has 3 heterocycles. The monoisotopic (exact) mass is 390 g/mol. The number of imidazole rings is 1. The number of hydrogen-bond donors (Lipinski definition) is 1. The third-order valence-electron chi connectivity index (χ3n) is 4.21. The first-order chi connectivity index (χ1) is 13.7. The SMILES string of the molecule is Cc1nccn1Cc1cccc(CNC(=O)c2csc(-c3ncccn3)n2)c1. The minimum absolute atomic E-state index is 0.214. The van der Waals surface area contributed by atoms with E-state index in [1.54, 1.807) is 30.0 Å². The summed E-state index contributed by atoms with van der Waals surface area (Å²) >= 11 is 1.35. The summed E-state index contributed by atoms with van der Waals surface area (Å²) in [5, 5.41) is 5.27. The van der Waals surface area contributed by atoms with Gasteiger partial charge in [-0.25, -0.2) is 19.9 Å². The Labute approximate surface area is 166 Å². The van der Waals surface area contributed by atoms with Crippen LogP contribution in [0.15, 0.2) is 60.5 Å². The standard InChI is InChI=1S/C20H18N6OS/c1-14-21-8-9-26(14)12-16-5-2-4-15(10-16)11-24-19(27)17-13-28-20(25-17)18-22-6-3-7-23-18/h2-10,13H,11-12H2,1H3,(H,24,27). The maximum atomic E-state index is 12.4. The molecular weight excluding hydrogens is 372 g/mol. The normalized spacial score (nSPS) is 10.8. The van der Waals surface area contributed by atoms with Gasteiger partial charge >= 0.3 is 0 Å². The molecule has 0 spiro atoms. The van der Waals surface area contributed by atoms with Crippen molar-refractivity contribution in [1.29, 1.82) is 0 Å². The van der Waals surface area contributed by atoms with Gasteiger partial charge in [-0.15, -0.1) is 11.3 Å². The molecule has 1 amide bonds. The smallest absolute Gasteiger partial charge is 0.271 e. The van der Waals surface area contributed by atoms with Crippen molar-refractivity contribution in [3.8, 4) is 10.8 Å². The number of nitrogens with one attached hydrogen (secondary N) is 1. The Balaban J connectivity index is 1.39. The van der Waals surface area contributed by atoms with Gasteiger partial charge in [0.25, 0.3) is 5.91 Å². The van der Waals surface area contributed by atoms with Crippen LogP contribution in [0.5, 0.6) is 0 Å². The van der Waals surface area contributed by atoms with E-state index in [9.17, 15) is 4.79 Å². The van der Waals surface area contributed by atoms with Gasteiger partial charge in [0.1, 0.15) is 11.5 Å². The molecule has 1 N–H and O–H groups in total. The number of hydrogen-bond acceptors (Lipinski definition) is 6. The van der Waals surface area contributed by atoms with Gasteiger partial charge in [-0.05, 0) is 24.1 Å². The molecule has 0 aliphatic heterocycles. The van der Waals surface area contributed by atoms with E-state index in [-0.39, 0.29) is 5.91 Å². The van der Waals surface area contributed by atoms with Crippen molar-refractivity contribution in [3.63, 3.8) is 0 Å². The molecule has 28 heavy (non-hydrogen) atoms. The van der Waals surface area contributed by atoms with E-state index in [2.05, 4.69) is 42.0 Å². The van der Waals surface area contributed by atoms with Crippen molar-refractivity contribution in [3.05, 3.63) is 83.1 Å². The summed E-state index contributed by atoms with van der Waals surface area (Å²) in [7, 11) is 0. The molecule has 0 saturated carbocycles. The highest BCUT2D eigenvalue weighted by molar-refractivity contribution is 7.13. The summed E-state index contributed by atoms with van der Waals surface area (Å²) in [6.45, 7) is 3.16.